The molecule has 1 saturated carbocycles. The summed E-state index contributed by atoms with van der Waals surface area (Å²) in [7, 11) is 1.56. The van der Waals surface area contributed by atoms with Gasteiger partial charge in [0.25, 0.3) is 0 Å². The first-order valence-electron chi connectivity index (χ1n) is 6.06. The average Bonchev–Trinajstić information content (AvgIpc) is 2.86. The largest absolute Gasteiger partial charge is 0.496 e. The van der Waals surface area contributed by atoms with E-state index in [1.165, 1.54) is 18.9 Å². The summed E-state index contributed by atoms with van der Waals surface area (Å²) in [5.41, 5.74) is 3.32. The Balaban J connectivity index is 2.35. The van der Waals surface area contributed by atoms with Crippen LogP contribution in [0, 0.1) is 11.7 Å². The number of rotatable bonds is 4. The van der Waals surface area contributed by atoms with Crippen molar-refractivity contribution in [2.75, 3.05) is 7.11 Å². The van der Waals surface area contributed by atoms with Crippen LogP contribution in [0.3, 0.4) is 0 Å². The minimum absolute atomic E-state index is 0.159. The van der Waals surface area contributed by atoms with Crippen molar-refractivity contribution in [3.63, 3.8) is 0 Å². The normalized spacial score (nSPS) is 18.3. The highest BCUT2D eigenvalue weighted by molar-refractivity contribution is 5.37. The van der Waals surface area contributed by atoms with Gasteiger partial charge < -0.3 is 4.74 Å². The maximum absolute atomic E-state index is 14.0. The van der Waals surface area contributed by atoms with Crippen LogP contribution in [0.15, 0.2) is 18.2 Å². The lowest BCUT2D eigenvalue weighted by atomic mass is 9.91. The Bertz CT molecular complexity index is 378. The van der Waals surface area contributed by atoms with Gasteiger partial charge in [-0.05, 0) is 30.9 Å². The van der Waals surface area contributed by atoms with E-state index >= 15 is 0 Å². The Morgan fingerprint density at radius 2 is 2.12 bits per heavy atom. The average molecular weight is 238 g/mol. The zero-order valence-corrected chi connectivity index (χ0v) is 10.1. The van der Waals surface area contributed by atoms with Crippen molar-refractivity contribution in [3.8, 4) is 5.75 Å². The summed E-state index contributed by atoms with van der Waals surface area (Å²) in [6.07, 6.45) is 4.57. The van der Waals surface area contributed by atoms with Crippen LogP contribution in [0.2, 0.25) is 0 Å². The first-order valence-corrected chi connectivity index (χ1v) is 6.06. The molecular formula is C13H19FN2O. The molecule has 1 aromatic rings. The highest BCUT2D eigenvalue weighted by Crippen LogP contribution is 2.39. The summed E-state index contributed by atoms with van der Waals surface area (Å²) in [4.78, 5) is 0. The predicted molar refractivity (Wildman–Crippen MR) is 65.0 cm³/mol. The first kappa shape index (κ1) is 12.3. The fourth-order valence-electron chi connectivity index (χ4n) is 2.74. The van der Waals surface area contributed by atoms with Crippen molar-refractivity contribution < 1.29 is 9.13 Å². The SMILES string of the molecule is COc1cccc(F)c1C(NN)C1CCCC1. The number of hydrogen-bond donors (Lipinski definition) is 2. The maximum atomic E-state index is 14.0. The van der Waals surface area contributed by atoms with Crippen LogP contribution in [-0.2, 0) is 0 Å². The summed E-state index contributed by atoms with van der Waals surface area (Å²) >= 11 is 0. The first-order chi connectivity index (χ1) is 8.27. The Morgan fingerprint density at radius 1 is 1.41 bits per heavy atom. The van der Waals surface area contributed by atoms with Gasteiger partial charge in [0.1, 0.15) is 11.6 Å². The second-order valence-electron chi connectivity index (χ2n) is 4.54. The third-order valence-corrected chi connectivity index (χ3v) is 3.59. The van der Waals surface area contributed by atoms with E-state index < -0.39 is 0 Å². The topological polar surface area (TPSA) is 47.3 Å². The van der Waals surface area contributed by atoms with Gasteiger partial charge in [-0.2, -0.15) is 0 Å². The number of methoxy groups -OCH3 is 1. The van der Waals surface area contributed by atoms with E-state index in [1.807, 2.05) is 0 Å². The number of nitrogens with one attached hydrogen (secondary N) is 1. The number of hydrogen-bond acceptors (Lipinski definition) is 3. The lowest BCUT2D eigenvalue weighted by molar-refractivity contribution is 0.337. The van der Waals surface area contributed by atoms with Gasteiger partial charge >= 0.3 is 0 Å². The van der Waals surface area contributed by atoms with Gasteiger partial charge in [0.05, 0.1) is 13.2 Å². The van der Waals surface area contributed by atoms with Crippen molar-refractivity contribution in [3.05, 3.63) is 29.6 Å². The molecule has 1 aliphatic carbocycles. The number of benzene rings is 1. The molecule has 0 bridgehead atoms. The maximum Gasteiger partial charge on any atom is 0.131 e. The summed E-state index contributed by atoms with van der Waals surface area (Å²) in [5.74, 6) is 6.32. The van der Waals surface area contributed by atoms with Crippen LogP contribution in [-0.4, -0.2) is 7.11 Å². The van der Waals surface area contributed by atoms with Gasteiger partial charge in [-0.1, -0.05) is 18.9 Å². The zero-order chi connectivity index (χ0) is 12.3. The lowest BCUT2D eigenvalue weighted by Crippen LogP contribution is -2.33. The van der Waals surface area contributed by atoms with Crippen LogP contribution >= 0.6 is 0 Å². The van der Waals surface area contributed by atoms with Crippen LogP contribution in [0.5, 0.6) is 5.75 Å². The molecule has 4 heteroatoms. The van der Waals surface area contributed by atoms with E-state index in [9.17, 15) is 4.39 Å². The van der Waals surface area contributed by atoms with Crippen molar-refractivity contribution in [1.82, 2.24) is 5.43 Å². The molecule has 94 valence electrons. The van der Waals surface area contributed by atoms with E-state index in [0.29, 0.717) is 17.2 Å². The molecule has 3 N–H and O–H groups in total. The van der Waals surface area contributed by atoms with Crippen molar-refractivity contribution in [1.29, 1.82) is 0 Å². The van der Waals surface area contributed by atoms with E-state index in [2.05, 4.69) is 5.43 Å². The Labute approximate surface area is 101 Å². The molecule has 1 fully saturated rings. The Morgan fingerprint density at radius 3 is 2.71 bits per heavy atom. The molecule has 0 spiro atoms. The minimum atomic E-state index is -0.251. The van der Waals surface area contributed by atoms with Gasteiger partial charge in [-0.3, -0.25) is 11.3 Å². The second kappa shape index (κ2) is 5.47. The molecule has 0 saturated heterocycles. The second-order valence-corrected chi connectivity index (χ2v) is 4.54. The summed E-state index contributed by atoms with van der Waals surface area (Å²) < 4.78 is 19.2. The number of nitrogens with two attached hydrogens (primary N) is 1. The molecule has 1 aromatic carbocycles. The molecule has 1 unspecified atom stereocenters. The quantitative estimate of drug-likeness (QED) is 0.626. The number of ether oxygens (including phenoxy) is 1. The molecular weight excluding hydrogens is 219 g/mol. The van der Waals surface area contributed by atoms with E-state index in [0.717, 1.165) is 12.8 Å². The molecule has 3 nitrogen and oxygen atoms in total. The van der Waals surface area contributed by atoms with Crippen LogP contribution in [0.1, 0.15) is 37.3 Å². The van der Waals surface area contributed by atoms with Gasteiger partial charge in [0.2, 0.25) is 0 Å². The zero-order valence-electron chi connectivity index (χ0n) is 10.1. The summed E-state index contributed by atoms with van der Waals surface area (Å²) in [6, 6.07) is 4.73. The molecule has 0 radical (unpaired) electrons. The lowest BCUT2D eigenvalue weighted by Gasteiger charge is -2.25. The van der Waals surface area contributed by atoms with Gasteiger partial charge in [0, 0.05) is 5.56 Å². The standard InChI is InChI=1S/C13H19FN2O/c1-17-11-8-4-7-10(14)12(11)13(16-15)9-5-2-3-6-9/h4,7-9,13,16H,2-3,5-6,15H2,1H3. The molecule has 1 atom stereocenters. The van der Waals surface area contributed by atoms with Crippen LogP contribution in [0.25, 0.3) is 0 Å². The summed E-state index contributed by atoms with van der Waals surface area (Å²) in [5, 5.41) is 0. The van der Waals surface area contributed by atoms with Crippen molar-refractivity contribution in [2.45, 2.75) is 31.7 Å². The highest BCUT2D eigenvalue weighted by atomic mass is 19.1. The van der Waals surface area contributed by atoms with Crippen molar-refractivity contribution in [2.24, 2.45) is 11.8 Å². The molecule has 1 aliphatic rings. The third kappa shape index (κ3) is 2.42. The fraction of sp³-hybridized carbons (Fsp3) is 0.538. The fourth-order valence-corrected chi connectivity index (χ4v) is 2.74. The predicted octanol–water partition coefficient (Wildman–Crippen LogP) is 2.53. The molecule has 0 heterocycles. The van der Waals surface area contributed by atoms with Gasteiger partial charge in [0.15, 0.2) is 0 Å². The monoisotopic (exact) mass is 238 g/mol. The van der Waals surface area contributed by atoms with Gasteiger partial charge in [-0.25, -0.2) is 4.39 Å². The van der Waals surface area contributed by atoms with Gasteiger partial charge in [-0.15, -0.1) is 0 Å². The minimum Gasteiger partial charge on any atom is -0.496 e. The smallest absolute Gasteiger partial charge is 0.131 e. The van der Waals surface area contributed by atoms with E-state index in [1.54, 1.807) is 19.2 Å². The van der Waals surface area contributed by atoms with Crippen molar-refractivity contribution >= 4 is 0 Å². The van der Waals surface area contributed by atoms with Crippen LogP contribution in [0.4, 0.5) is 4.39 Å². The Hall–Kier alpha value is -1.13. The van der Waals surface area contributed by atoms with E-state index in [4.69, 9.17) is 10.6 Å². The summed E-state index contributed by atoms with van der Waals surface area (Å²) in [6.45, 7) is 0. The molecule has 17 heavy (non-hydrogen) atoms. The molecule has 2 rings (SSSR count). The molecule has 0 amide bonds. The number of halogens is 1. The third-order valence-electron chi connectivity index (χ3n) is 3.59. The molecule has 0 aliphatic heterocycles. The van der Waals surface area contributed by atoms with Crippen LogP contribution < -0.4 is 16.0 Å². The number of hydrazine groups is 1. The van der Waals surface area contributed by atoms with E-state index in [-0.39, 0.29) is 11.9 Å². The molecule has 0 aromatic heterocycles. The highest BCUT2D eigenvalue weighted by Gasteiger charge is 2.29. The Kier molecular flexibility index (Phi) is 3.97.